The minimum Gasteiger partial charge on any atom is -0.493 e. The van der Waals surface area contributed by atoms with Crippen molar-refractivity contribution in [3.8, 4) is 5.75 Å². The molecule has 1 aromatic carbocycles. The van der Waals surface area contributed by atoms with E-state index in [1.54, 1.807) is 0 Å². The van der Waals surface area contributed by atoms with Gasteiger partial charge in [0.1, 0.15) is 5.75 Å². The van der Waals surface area contributed by atoms with Gasteiger partial charge in [-0.1, -0.05) is 12.1 Å². The first kappa shape index (κ1) is 12.7. The van der Waals surface area contributed by atoms with Gasteiger partial charge in [0.15, 0.2) is 0 Å². The van der Waals surface area contributed by atoms with E-state index >= 15 is 0 Å². The molecule has 2 nitrogen and oxygen atoms in total. The first-order valence-corrected chi connectivity index (χ1v) is 8.25. The van der Waals surface area contributed by atoms with Crippen molar-refractivity contribution in [2.45, 2.75) is 44.6 Å². The van der Waals surface area contributed by atoms with Crippen molar-refractivity contribution in [3.05, 3.63) is 29.3 Å². The molecule has 2 heteroatoms. The molecule has 0 spiro atoms. The summed E-state index contributed by atoms with van der Waals surface area (Å²) in [5.41, 5.74) is 2.89. The maximum absolute atomic E-state index is 5.59. The molecular formula is C18H25NO. The smallest absolute Gasteiger partial charge is 0.122 e. The molecule has 3 atom stereocenters. The monoisotopic (exact) mass is 271 g/mol. The van der Waals surface area contributed by atoms with Crippen LogP contribution in [0.5, 0.6) is 5.75 Å². The molecule has 0 radical (unpaired) electrons. The van der Waals surface area contributed by atoms with Crippen LogP contribution in [0, 0.1) is 17.8 Å². The summed E-state index contributed by atoms with van der Waals surface area (Å²) in [6, 6.07) is 7.49. The molecule has 108 valence electrons. The van der Waals surface area contributed by atoms with Crippen LogP contribution in [0.1, 0.15) is 36.8 Å². The molecule has 2 aliphatic carbocycles. The minimum absolute atomic E-state index is 0.715. The number of benzene rings is 1. The van der Waals surface area contributed by atoms with Crippen molar-refractivity contribution in [1.82, 2.24) is 5.32 Å². The predicted molar refractivity (Wildman–Crippen MR) is 81.1 cm³/mol. The quantitative estimate of drug-likeness (QED) is 0.888. The van der Waals surface area contributed by atoms with Gasteiger partial charge in [-0.3, -0.25) is 0 Å². The molecule has 0 bridgehead atoms. The molecule has 1 aliphatic heterocycles. The molecule has 3 aliphatic rings. The molecular weight excluding hydrogens is 246 g/mol. The summed E-state index contributed by atoms with van der Waals surface area (Å²) in [6.07, 6.45) is 8.05. The van der Waals surface area contributed by atoms with Gasteiger partial charge in [-0.15, -0.1) is 0 Å². The van der Waals surface area contributed by atoms with Crippen molar-refractivity contribution in [2.75, 3.05) is 13.7 Å². The fraction of sp³-hybridized carbons (Fsp3) is 0.667. The predicted octanol–water partition coefficient (Wildman–Crippen LogP) is 3.19. The fourth-order valence-corrected chi connectivity index (χ4v) is 4.42. The molecule has 3 unspecified atom stereocenters. The van der Waals surface area contributed by atoms with E-state index in [1.165, 1.54) is 43.2 Å². The Kier molecular flexibility index (Phi) is 3.22. The summed E-state index contributed by atoms with van der Waals surface area (Å²) < 4.78 is 5.59. The molecule has 0 amide bonds. The second-order valence-electron chi connectivity index (χ2n) is 6.96. The molecule has 2 saturated carbocycles. The number of nitrogens with one attached hydrogen (secondary N) is 1. The van der Waals surface area contributed by atoms with Crippen LogP contribution in [0.4, 0.5) is 0 Å². The SMILES string of the molecule is CNC(CCc1ccc2c(c1)CCO2)C1CC2CC2C1. The number of hydrogen-bond donors (Lipinski definition) is 1. The van der Waals surface area contributed by atoms with Gasteiger partial charge in [0.05, 0.1) is 6.61 Å². The Balaban J connectivity index is 1.36. The Morgan fingerprint density at radius 2 is 2.10 bits per heavy atom. The van der Waals surface area contributed by atoms with Crippen LogP contribution in [-0.4, -0.2) is 19.7 Å². The summed E-state index contributed by atoms with van der Waals surface area (Å²) in [4.78, 5) is 0. The lowest BCUT2D eigenvalue weighted by molar-refractivity contribution is 0.335. The zero-order valence-electron chi connectivity index (χ0n) is 12.4. The highest BCUT2D eigenvalue weighted by Crippen LogP contribution is 2.55. The Hall–Kier alpha value is -1.02. The molecule has 20 heavy (non-hydrogen) atoms. The van der Waals surface area contributed by atoms with E-state index in [1.807, 2.05) is 0 Å². The van der Waals surface area contributed by atoms with Crippen LogP contribution in [0.3, 0.4) is 0 Å². The molecule has 0 aromatic heterocycles. The van der Waals surface area contributed by atoms with E-state index in [2.05, 4.69) is 30.6 Å². The van der Waals surface area contributed by atoms with Crippen LogP contribution in [0.25, 0.3) is 0 Å². The van der Waals surface area contributed by atoms with Crippen molar-refractivity contribution in [2.24, 2.45) is 17.8 Å². The maximum Gasteiger partial charge on any atom is 0.122 e. The van der Waals surface area contributed by atoms with E-state index in [-0.39, 0.29) is 0 Å². The van der Waals surface area contributed by atoms with Crippen LogP contribution in [0.2, 0.25) is 0 Å². The average Bonchev–Trinajstić information content (AvgIpc) is 2.90. The Labute approximate surface area is 121 Å². The van der Waals surface area contributed by atoms with Crippen LogP contribution < -0.4 is 10.1 Å². The number of aryl methyl sites for hydroxylation is 1. The largest absolute Gasteiger partial charge is 0.493 e. The lowest BCUT2D eigenvalue weighted by Crippen LogP contribution is -2.33. The standard InChI is InChI=1S/C18H25NO/c1-19-17(16-10-14-9-15(14)11-16)4-2-12-3-5-18-13(8-12)6-7-20-18/h3,5,8,14-17,19H,2,4,6-7,9-11H2,1H3. The fourth-order valence-electron chi connectivity index (χ4n) is 4.42. The van der Waals surface area contributed by atoms with E-state index in [0.29, 0.717) is 6.04 Å². The van der Waals surface area contributed by atoms with E-state index in [9.17, 15) is 0 Å². The molecule has 1 N–H and O–H groups in total. The number of rotatable bonds is 5. The van der Waals surface area contributed by atoms with Gasteiger partial charge < -0.3 is 10.1 Å². The summed E-state index contributed by atoms with van der Waals surface area (Å²) in [7, 11) is 2.14. The van der Waals surface area contributed by atoms with Gasteiger partial charge in [-0.05, 0) is 74.1 Å². The second kappa shape index (κ2) is 5.07. The van der Waals surface area contributed by atoms with E-state index in [4.69, 9.17) is 4.74 Å². The van der Waals surface area contributed by atoms with Crippen molar-refractivity contribution in [3.63, 3.8) is 0 Å². The van der Waals surface area contributed by atoms with Crippen LogP contribution in [0.15, 0.2) is 18.2 Å². The highest BCUT2D eigenvalue weighted by Gasteiger charge is 2.47. The topological polar surface area (TPSA) is 21.3 Å². The third kappa shape index (κ3) is 2.35. The first-order chi connectivity index (χ1) is 9.83. The van der Waals surface area contributed by atoms with Gasteiger partial charge in [0.25, 0.3) is 0 Å². The lowest BCUT2D eigenvalue weighted by Gasteiger charge is -2.24. The van der Waals surface area contributed by atoms with Gasteiger partial charge in [-0.2, -0.15) is 0 Å². The Morgan fingerprint density at radius 1 is 1.25 bits per heavy atom. The summed E-state index contributed by atoms with van der Waals surface area (Å²) in [5, 5.41) is 3.58. The molecule has 2 fully saturated rings. The summed E-state index contributed by atoms with van der Waals surface area (Å²) in [6.45, 7) is 0.864. The maximum atomic E-state index is 5.59. The number of hydrogen-bond acceptors (Lipinski definition) is 2. The normalized spacial score (nSPS) is 31.6. The Bertz CT molecular complexity index is 488. The highest BCUT2D eigenvalue weighted by molar-refractivity contribution is 5.39. The molecule has 4 rings (SSSR count). The minimum atomic E-state index is 0.715. The summed E-state index contributed by atoms with van der Waals surface area (Å²) in [5.74, 6) is 4.22. The zero-order valence-corrected chi connectivity index (χ0v) is 12.4. The number of ether oxygens (including phenoxy) is 1. The molecule has 1 aromatic rings. The van der Waals surface area contributed by atoms with Gasteiger partial charge in [0.2, 0.25) is 0 Å². The van der Waals surface area contributed by atoms with Crippen molar-refractivity contribution >= 4 is 0 Å². The highest BCUT2D eigenvalue weighted by atomic mass is 16.5. The van der Waals surface area contributed by atoms with Crippen molar-refractivity contribution in [1.29, 1.82) is 0 Å². The third-order valence-electron chi connectivity index (χ3n) is 5.72. The van der Waals surface area contributed by atoms with Crippen molar-refractivity contribution < 1.29 is 4.74 Å². The van der Waals surface area contributed by atoms with Gasteiger partial charge in [-0.25, -0.2) is 0 Å². The zero-order chi connectivity index (χ0) is 13.5. The third-order valence-corrected chi connectivity index (χ3v) is 5.72. The average molecular weight is 271 g/mol. The molecule has 1 heterocycles. The van der Waals surface area contributed by atoms with Gasteiger partial charge >= 0.3 is 0 Å². The van der Waals surface area contributed by atoms with Gasteiger partial charge in [0, 0.05) is 12.5 Å². The Morgan fingerprint density at radius 3 is 2.90 bits per heavy atom. The van der Waals surface area contributed by atoms with Crippen LogP contribution >= 0.6 is 0 Å². The second-order valence-corrected chi connectivity index (χ2v) is 6.96. The first-order valence-electron chi connectivity index (χ1n) is 8.25. The van der Waals surface area contributed by atoms with E-state index < -0.39 is 0 Å². The van der Waals surface area contributed by atoms with Crippen LogP contribution in [-0.2, 0) is 12.8 Å². The number of fused-ring (bicyclic) bond motifs is 2. The lowest BCUT2D eigenvalue weighted by atomic mass is 9.90. The summed E-state index contributed by atoms with van der Waals surface area (Å²) >= 11 is 0. The molecule has 0 saturated heterocycles. The van der Waals surface area contributed by atoms with E-state index in [0.717, 1.165) is 36.5 Å².